The molecule has 0 amide bonds. The van der Waals surface area contributed by atoms with Gasteiger partial charge in [0.1, 0.15) is 0 Å². The lowest BCUT2D eigenvalue weighted by molar-refractivity contribution is 0.652. The van der Waals surface area contributed by atoms with Gasteiger partial charge in [-0.2, -0.15) is 0 Å². The number of hydrogen-bond donors (Lipinski definition) is 0. The quantitative estimate of drug-likeness (QED) is 0.279. The highest BCUT2D eigenvalue weighted by atomic mass is 31.1. The van der Waals surface area contributed by atoms with Crippen molar-refractivity contribution in [1.82, 2.24) is 0 Å². The van der Waals surface area contributed by atoms with E-state index in [1.165, 1.54) is 56.8 Å². The van der Waals surface area contributed by atoms with E-state index < -0.39 is 0 Å². The zero-order chi connectivity index (χ0) is 31.8. The first-order valence-corrected chi connectivity index (χ1v) is 24.1. The van der Waals surface area contributed by atoms with Crippen LogP contribution in [0.5, 0.6) is 0 Å². The molecule has 4 aliphatic rings. The van der Waals surface area contributed by atoms with Gasteiger partial charge >= 0.3 is 0 Å². The highest BCUT2D eigenvalue weighted by Crippen LogP contribution is 2.81. The lowest BCUT2D eigenvalue weighted by Gasteiger charge is -2.44. The first-order chi connectivity index (χ1) is 20.5. The van der Waals surface area contributed by atoms with Gasteiger partial charge in [0, 0.05) is 11.3 Å². The third-order valence-corrected chi connectivity index (χ3v) is 27.2. The van der Waals surface area contributed by atoms with Gasteiger partial charge in [-0.05, 0) is 117 Å². The van der Waals surface area contributed by atoms with Crippen LogP contribution in [-0.2, 0) is 18.7 Å². The average Bonchev–Trinajstić information content (AvgIpc) is 3.70. The van der Waals surface area contributed by atoms with Gasteiger partial charge < -0.3 is 0 Å². The summed E-state index contributed by atoms with van der Waals surface area (Å²) in [5, 5.41) is 1.68. The summed E-state index contributed by atoms with van der Waals surface area (Å²) < 4.78 is 0. The van der Waals surface area contributed by atoms with E-state index in [1.807, 2.05) is 0 Å². The third kappa shape index (κ3) is 6.46. The van der Waals surface area contributed by atoms with Crippen molar-refractivity contribution in [2.45, 2.75) is 164 Å². The average molecular weight is 667 g/mol. The summed E-state index contributed by atoms with van der Waals surface area (Å²) in [6.07, 6.45) is 13.0. The summed E-state index contributed by atoms with van der Waals surface area (Å²) in [4.78, 5) is 0. The van der Waals surface area contributed by atoms with Crippen LogP contribution in [0.25, 0.3) is 0 Å². The molecule has 0 N–H and O–H groups in total. The first-order valence-electron chi connectivity index (χ1n) is 17.7. The van der Waals surface area contributed by atoms with Gasteiger partial charge in [0.2, 0.25) is 0 Å². The fourth-order valence-corrected chi connectivity index (χ4v) is 25.4. The zero-order valence-electron chi connectivity index (χ0n) is 30.0. The molecule has 2 aromatic rings. The van der Waals surface area contributed by atoms with Gasteiger partial charge in [-0.15, -0.1) is 0 Å². The van der Waals surface area contributed by atoms with E-state index in [0.717, 1.165) is 11.3 Å². The molecule has 4 heterocycles. The maximum atomic E-state index is 2.78. The van der Waals surface area contributed by atoms with Crippen LogP contribution < -0.4 is 0 Å². The van der Waals surface area contributed by atoms with Crippen molar-refractivity contribution in [2.75, 3.05) is 12.3 Å². The molecule has 0 saturated carbocycles. The Bertz CT molecular complexity index is 1340. The summed E-state index contributed by atoms with van der Waals surface area (Å²) in [6.45, 7) is 28.3. The van der Waals surface area contributed by atoms with Crippen LogP contribution in [0.15, 0.2) is 42.5 Å². The topological polar surface area (TPSA) is 0 Å². The molecule has 4 heteroatoms. The summed E-state index contributed by atoms with van der Waals surface area (Å²) >= 11 is 0. The molecule has 0 radical (unpaired) electrons. The molecule has 0 aliphatic carbocycles. The smallest absolute Gasteiger partial charge is 0.0161 e. The molecule has 0 bridgehead atoms. The van der Waals surface area contributed by atoms with Crippen molar-refractivity contribution in [3.8, 4) is 0 Å². The lowest BCUT2D eigenvalue weighted by Crippen LogP contribution is -2.32. The molecule has 4 aliphatic heterocycles. The second kappa shape index (κ2) is 12.2. The van der Waals surface area contributed by atoms with E-state index in [0.29, 0.717) is 31.9 Å². The molecule has 8 unspecified atom stereocenters. The predicted molar refractivity (Wildman–Crippen MR) is 206 cm³/mol. The minimum atomic E-state index is -0.147. The van der Waals surface area contributed by atoms with Crippen molar-refractivity contribution in [2.24, 2.45) is 0 Å². The summed E-state index contributed by atoms with van der Waals surface area (Å²) in [7, 11) is -0.0685. The van der Waals surface area contributed by atoms with Crippen LogP contribution in [0, 0.1) is 0 Å². The molecule has 0 aromatic heterocycles. The van der Waals surface area contributed by atoms with Crippen LogP contribution in [0.4, 0.5) is 0 Å². The normalized spacial score (nSPS) is 32.7. The van der Waals surface area contributed by atoms with Gasteiger partial charge in [0.15, 0.2) is 0 Å². The van der Waals surface area contributed by atoms with Crippen molar-refractivity contribution in [3.05, 3.63) is 70.3 Å². The van der Waals surface area contributed by atoms with Crippen LogP contribution in [0.3, 0.4) is 0 Å². The van der Waals surface area contributed by atoms with Crippen LogP contribution in [0.2, 0.25) is 0 Å². The number of hydrogen-bond acceptors (Lipinski definition) is 0. The molecule has 242 valence electrons. The first kappa shape index (κ1) is 34.0. The van der Waals surface area contributed by atoms with Crippen molar-refractivity contribution >= 4 is 31.7 Å². The molecule has 2 aromatic carbocycles. The van der Waals surface area contributed by atoms with Crippen molar-refractivity contribution in [3.63, 3.8) is 0 Å². The fraction of sp³-hybridized carbons (Fsp3) is 0.700. The maximum absolute atomic E-state index is 2.78. The Morgan fingerprint density at radius 2 is 1.07 bits per heavy atom. The minimum absolute atomic E-state index is 0.0528. The predicted octanol–water partition coefficient (Wildman–Crippen LogP) is 13.5. The minimum Gasteiger partial charge on any atom is -0.0974 e. The van der Waals surface area contributed by atoms with Crippen LogP contribution in [0.1, 0.15) is 141 Å². The summed E-state index contributed by atoms with van der Waals surface area (Å²) in [5.74, 6) is 0. The Morgan fingerprint density at radius 3 is 1.66 bits per heavy atom. The lowest BCUT2D eigenvalue weighted by atomic mass is 9.93. The Hall–Kier alpha value is 0.160. The second-order valence-corrected chi connectivity index (χ2v) is 31.1. The summed E-state index contributed by atoms with van der Waals surface area (Å²) in [6, 6.07) is 17.6. The van der Waals surface area contributed by atoms with Crippen LogP contribution >= 0.6 is 31.7 Å². The van der Waals surface area contributed by atoms with Crippen molar-refractivity contribution < 1.29 is 0 Å². The van der Waals surface area contributed by atoms with E-state index in [-0.39, 0.29) is 31.7 Å². The second-order valence-electron chi connectivity index (χ2n) is 18.2. The number of benzene rings is 2. The molecule has 0 spiro atoms. The monoisotopic (exact) mass is 666 g/mol. The molecule has 0 nitrogen and oxygen atoms in total. The Kier molecular flexibility index (Phi) is 9.47. The van der Waals surface area contributed by atoms with Gasteiger partial charge in [0.05, 0.1) is 0 Å². The highest BCUT2D eigenvalue weighted by Gasteiger charge is 2.51. The molecule has 6 rings (SSSR count). The fourth-order valence-electron chi connectivity index (χ4n) is 9.60. The van der Waals surface area contributed by atoms with E-state index in [1.54, 1.807) is 27.8 Å². The van der Waals surface area contributed by atoms with E-state index in [4.69, 9.17) is 0 Å². The van der Waals surface area contributed by atoms with Crippen LogP contribution in [-0.4, -0.2) is 44.3 Å². The summed E-state index contributed by atoms with van der Waals surface area (Å²) in [5.41, 5.74) is 11.9. The number of rotatable bonds is 5. The van der Waals surface area contributed by atoms with Gasteiger partial charge in [0.25, 0.3) is 0 Å². The molecule has 2 saturated heterocycles. The Balaban J connectivity index is 1.33. The van der Waals surface area contributed by atoms with E-state index in [9.17, 15) is 0 Å². The SMILES string of the molecule is CC(C)(C)P1CCCC1C1CCCP1C(C)(C)Cc1ccc2c(c1)C(C1c3ccccc3CP1C(C)(C)C)P(C(C)(C)C)C2. The Labute approximate surface area is 277 Å². The van der Waals surface area contributed by atoms with E-state index >= 15 is 0 Å². The Morgan fingerprint density at radius 1 is 0.568 bits per heavy atom. The number of fused-ring (bicyclic) bond motifs is 2. The van der Waals surface area contributed by atoms with Gasteiger partial charge in [-0.1, -0.05) is 150 Å². The van der Waals surface area contributed by atoms with Crippen molar-refractivity contribution in [1.29, 1.82) is 0 Å². The maximum Gasteiger partial charge on any atom is 0.0161 e. The van der Waals surface area contributed by atoms with Gasteiger partial charge in [-0.3, -0.25) is 0 Å². The third-order valence-electron chi connectivity index (χ3n) is 11.6. The zero-order valence-corrected chi connectivity index (χ0v) is 33.6. The molecular formula is C40H62P4. The molecule has 8 atom stereocenters. The van der Waals surface area contributed by atoms with E-state index in [2.05, 4.69) is 119 Å². The van der Waals surface area contributed by atoms with Gasteiger partial charge in [-0.25, -0.2) is 0 Å². The standard InChI is InChI=1S/C40H62P4/c1-37(2,3)41-22-14-18-33(41)34-19-15-23-42(34)40(10,11)25-28-20-21-30-27-44(39(7,8)9)36(32(30)24-28)35-31-17-13-12-16-29(31)26-43(35)38(4,5)6/h12-13,16-17,20-21,24,33-36H,14-15,18-19,22-23,25-27H2,1-11H3. The largest absolute Gasteiger partial charge is 0.0974 e. The highest BCUT2D eigenvalue weighted by molar-refractivity contribution is 7.65. The molecule has 2 fully saturated rings. The molecular weight excluding hydrogens is 604 g/mol. The molecule has 44 heavy (non-hydrogen) atoms.